The minimum absolute atomic E-state index is 0.163. The van der Waals surface area contributed by atoms with Gasteiger partial charge >= 0.3 is 6.36 Å². The fourth-order valence-corrected chi connectivity index (χ4v) is 1.83. The van der Waals surface area contributed by atoms with E-state index in [1.54, 1.807) is 12.1 Å². The number of ether oxygens (including phenoxy) is 1. The Morgan fingerprint density at radius 2 is 1.80 bits per heavy atom. The van der Waals surface area contributed by atoms with Gasteiger partial charge in [-0.2, -0.15) is 0 Å². The lowest BCUT2D eigenvalue weighted by molar-refractivity contribution is -0.274. The maximum absolute atomic E-state index is 12.0. The molecule has 0 saturated carbocycles. The topological polar surface area (TPSA) is 9.23 Å². The summed E-state index contributed by atoms with van der Waals surface area (Å²) in [7, 11) is 0. The average Bonchev–Trinajstić information content (AvgIpc) is 2.16. The molecule has 84 valence electrons. The summed E-state index contributed by atoms with van der Waals surface area (Å²) in [4.78, 5) is 0. The number of halogens is 5. The van der Waals surface area contributed by atoms with Crippen molar-refractivity contribution in [3.63, 3.8) is 0 Å². The van der Waals surface area contributed by atoms with Crippen molar-refractivity contribution in [2.24, 2.45) is 0 Å². The summed E-state index contributed by atoms with van der Waals surface area (Å²) in [5.41, 5.74) is 1.38. The average molecular weight is 348 g/mol. The highest BCUT2D eigenvalue weighted by Crippen LogP contribution is 2.29. The summed E-state index contributed by atoms with van der Waals surface area (Å²) < 4.78 is 39.9. The molecule has 15 heavy (non-hydrogen) atoms. The van der Waals surface area contributed by atoms with Crippen LogP contribution in [-0.2, 0) is 10.7 Å². The van der Waals surface area contributed by atoms with Crippen LogP contribution in [-0.4, -0.2) is 6.36 Å². The lowest BCUT2D eigenvalue weighted by Crippen LogP contribution is -2.18. The van der Waals surface area contributed by atoms with Crippen LogP contribution in [0.4, 0.5) is 13.2 Å². The molecular weight excluding hydrogens is 341 g/mol. The molecule has 0 atom stereocenters. The SMILES string of the molecule is FC(F)(F)Oc1ccc(CBr)cc1CBr. The smallest absolute Gasteiger partial charge is 0.405 e. The Morgan fingerprint density at radius 3 is 2.27 bits per heavy atom. The molecule has 0 bridgehead atoms. The molecular formula is C9H7Br2F3O. The second-order valence-corrected chi connectivity index (χ2v) is 3.88. The molecule has 6 heteroatoms. The molecule has 0 fully saturated rings. The fourth-order valence-electron chi connectivity index (χ4n) is 1.04. The van der Waals surface area contributed by atoms with Crippen LogP contribution in [0.2, 0.25) is 0 Å². The van der Waals surface area contributed by atoms with Crippen LogP contribution in [0.25, 0.3) is 0 Å². The second kappa shape index (κ2) is 5.21. The van der Waals surface area contributed by atoms with E-state index in [1.807, 2.05) is 0 Å². The van der Waals surface area contributed by atoms with Crippen LogP contribution >= 0.6 is 31.9 Å². The molecule has 1 aromatic carbocycles. The molecule has 1 nitrogen and oxygen atoms in total. The van der Waals surface area contributed by atoms with Crippen molar-refractivity contribution in [3.05, 3.63) is 29.3 Å². The first-order valence-electron chi connectivity index (χ1n) is 3.95. The van der Waals surface area contributed by atoms with Crippen molar-refractivity contribution in [2.45, 2.75) is 17.0 Å². The molecule has 0 saturated heterocycles. The first kappa shape index (κ1) is 12.8. The molecule has 1 aromatic rings. The fraction of sp³-hybridized carbons (Fsp3) is 0.333. The Hall–Kier alpha value is -0.230. The van der Waals surface area contributed by atoms with Crippen molar-refractivity contribution in [1.82, 2.24) is 0 Å². The largest absolute Gasteiger partial charge is 0.573 e. The maximum atomic E-state index is 12.0. The number of alkyl halides is 5. The van der Waals surface area contributed by atoms with Gasteiger partial charge < -0.3 is 4.74 Å². The van der Waals surface area contributed by atoms with E-state index >= 15 is 0 Å². The monoisotopic (exact) mass is 346 g/mol. The Balaban J connectivity index is 2.97. The summed E-state index contributed by atoms with van der Waals surface area (Å²) in [5, 5.41) is 0.915. The lowest BCUT2D eigenvalue weighted by atomic mass is 10.1. The number of rotatable bonds is 3. The van der Waals surface area contributed by atoms with Gasteiger partial charge in [-0.05, 0) is 11.6 Å². The first-order valence-corrected chi connectivity index (χ1v) is 6.20. The van der Waals surface area contributed by atoms with E-state index in [0.717, 1.165) is 5.56 Å². The zero-order valence-corrected chi connectivity index (χ0v) is 10.6. The van der Waals surface area contributed by atoms with Crippen LogP contribution in [0.3, 0.4) is 0 Å². The quantitative estimate of drug-likeness (QED) is 0.737. The van der Waals surface area contributed by atoms with Crippen LogP contribution in [0.1, 0.15) is 11.1 Å². The van der Waals surface area contributed by atoms with Crippen molar-refractivity contribution in [2.75, 3.05) is 0 Å². The van der Waals surface area contributed by atoms with Gasteiger partial charge in [-0.25, -0.2) is 0 Å². The van der Waals surface area contributed by atoms with Crippen LogP contribution in [0, 0.1) is 0 Å². The summed E-state index contributed by atoms with van der Waals surface area (Å²) in [6, 6.07) is 4.56. The molecule has 1 rings (SSSR count). The predicted molar refractivity (Wildman–Crippen MR) is 58.4 cm³/mol. The van der Waals surface area contributed by atoms with E-state index in [2.05, 4.69) is 36.6 Å². The van der Waals surface area contributed by atoms with E-state index in [4.69, 9.17) is 0 Å². The van der Waals surface area contributed by atoms with Gasteiger partial charge in [0.25, 0.3) is 0 Å². The molecule has 0 N–H and O–H groups in total. The molecule has 0 radical (unpaired) electrons. The predicted octanol–water partition coefficient (Wildman–Crippen LogP) is 4.38. The molecule has 0 aliphatic carbocycles. The zero-order valence-electron chi connectivity index (χ0n) is 7.44. The minimum atomic E-state index is -4.65. The Kier molecular flexibility index (Phi) is 4.45. The summed E-state index contributed by atoms with van der Waals surface area (Å²) >= 11 is 6.35. The van der Waals surface area contributed by atoms with Crippen molar-refractivity contribution < 1.29 is 17.9 Å². The zero-order chi connectivity index (χ0) is 11.5. The molecule has 0 aromatic heterocycles. The van der Waals surface area contributed by atoms with Crippen molar-refractivity contribution in [1.29, 1.82) is 0 Å². The van der Waals surface area contributed by atoms with E-state index in [1.165, 1.54) is 6.07 Å². The van der Waals surface area contributed by atoms with Gasteiger partial charge in [-0.15, -0.1) is 13.2 Å². The second-order valence-electron chi connectivity index (χ2n) is 2.76. The third-order valence-corrected chi connectivity index (χ3v) is 2.90. The van der Waals surface area contributed by atoms with Gasteiger partial charge in [-0.1, -0.05) is 44.0 Å². The Morgan fingerprint density at radius 1 is 1.13 bits per heavy atom. The minimum Gasteiger partial charge on any atom is -0.405 e. The number of benzene rings is 1. The van der Waals surface area contributed by atoms with Gasteiger partial charge in [-0.3, -0.25) is 0 Å². The number of hydrogen-bond acceptors (Lipinski definition) is 1. The van der Waals surface area contributed by atoms with Gasteiger partial charge in [0.05, 0.1) is 0 Å². The van der Waals surface area contributed by atoms with Crippen molar-refractivity contribution >= 4 is 31.9 Å². The first-order chi connectivity index (χ1) is 6.96. The van der Waals surface area contributed by atoms with Crippen LogP contribution in [0.15, 0.2) is 18.2 Å². The van der Waals surface area contributed by atoms with Gasteiger partial charge in [0.15, 0.2) is 0 Å². The lowest BCUT2D eigenvalue weighted by Gasteiger charge is -2.12. The van der Waals surface area contributed by atoms with E-state index < -0.39 is 6.36 Å². The molecule has 0 unspecified atom stereocenters. The standard InChI is InChI=1S/C9H7Br2F3O/c10-4-6-1-2-8(7(3-6)5-11)15-9(12,13)14/h1-3H,4-5H2. The summed E-state index contributed by atoms with van der Waals surface area (Å²) in [5.74, 6) is -0.163. The third-order valence-electron chi connectivity index (χ3n) is 1.65. The van der Waals surface area contributed by atoms with E-state index in [-0.39, 0.29) is 5.75 Å². The Bertz CT molecular complexity index is 339. The Labute approximate surface area is 102 Å². The van der Waals surface area contributed by atoms with Crippen molar-refractivity contribution in [3.8, 4) is 5.75 Å². The summed E-state index contributed by atoms with van der Waals surface area (Å²) in [6.45, 7) is 0. The molecule has 0 aliphatic heterocycles. The van der Waals surface area contributed by atoms with E-state index in [9.17, 15) is 13.2 Å². The third kappa shape index (κ3) is 4.03. The van der Waals surface area contributed by atoms with Gasteiger partial charge in [0, 0.05) is 16.2 Å². The highest BCUT2D eigenvalue weighted by atomic mass is 79.9. The summed E-state index contributed by atoms with van der Waals surface area (Å²) in [6.07, 6.45) is -4.65. The molecule has 0 amide bonds. The molecule has 0 aliphatic rings. The molecule has 0 spiro atoms. The van der Waals surface area contributed by atoms with Gasteiger partial charge in [0.2, 0.25) is 0 Å². The van der Waals surface area contributed by atoms with Crippen LogP contribution in [0.5, 0.6) is 5.75 Å². The normalized spacial score (nSPS) is 11.5. The molecule has 0 heterocycles. The number of hydrogen-bond donors (Lipinski definition) is 0. The highest BCUT2D eigenvalue weighted by Gasteiger charge is 2.31. The van der Waals surface area contributed by atoms with E-state index in [0.29, 0.717) is 16.2 Å². The van der Waals surface area contributed by atoms with Crippen LogP contribution < -0.4 is 4.74 Å². The van der Waals surface area contributed by atoms with Gasteiger partial charge in [0.1, 0.15) is 5.75 Å². The highest BCUT2D eigenvalue weighted by molar-refractivity contribution is 9.08. The maximum Gasteiger partial charge on any atom is 0.573 e.